The van der Waals surface area contributed by atoms with Crippen LogP contribution >= 0.6 is 11.3 Å². The van der Waals surface area contributed by atoms with Crippen LogP contribution in [-0.4, -0.2) is 30.6 Å². The van der Waals surface area contributed by atoms with Gasteiger partial charge in [-0.3, -0.25) is 4.79 Å². The Kier molecular flexibility index (Phi) is 4.38. The molecule has 5 rings (SSSR count). The van der Waals surface area contributed by atoms with E-state index in [1.54, 1.807) is 0 Å². The summed E-state index contributed by atoms with van der Waals surface area (Å²) in [6, 6.07) is 0. The van der Waals surface area contributed by atoms with Crippen LogP contribution in [0.2, 0.25) is 0 Å². The highest BCUT2D eigenvalue weighted by Gasteiger charge is 2.28. The normalized spacial score (nSPS) is 16.8. The molecule has 1 amide bonds. The topological polar surface area (TPSA) is 85.6 Å². The zero-order valence-corrected chi connectivity index (χ0v) is 17.1. The molecule has 0 bridgehead atoms. The lowest BCUT2D eigenvalue weighted by atomic mass is 10.1. The second-order valence-corrected chi connectivity index (χ2v) is 8.85. The van der Waals surface area contributed by atoms with E-state index in [4.69, 9.17) is 4.98 Å². The first kappa shape index (κ1) is 17.7. The molecule has 1 N–H and O–H groups in total. The van der Waals surface area contributed by atoms with Gasteiger partial charge in [0.15, 0.2) is 5.82 Å². The van der Waals surface area contributed by atoms with Crippen molar-refractivity contribution in [1.82, 2.24) is 30.0 Å². The fraction of sp³-hybridized carbons (Fsp3) is 0.550. The van der Waals surface area contributed by atoms with Crippen molar-refractivity contribution < 1.29 is 4.79 Å². The number of hydrogen-bond donors (Lipinski definition) is 1. The van der Waals surface area contributed by atoms with Gasteiger partial charge in [0, 0.05) is 24.3 Å². The van der Waals surface area contributed by atoms with Crippen LogP contribution in [0.5, 0.6) is 0 Å². The maximum Gasteiger partial charge on any atom is 0.262 e. The Bertz CT molecular complexity index is 1060. The van der Waals surface area contributed by atoms with Crippen LogP contribution in [-0.2, 0) is 19.5 Å². The number of nitrogens with one attached hydrogen (secondary N) is 1. The minimum absolute atomic E-state index is 0.0705. The summed E-state index contributed by atoms with van der Waals surface area (Å²) in [5.41, 5.74) is 1.94. The number of rotatable bonds is 4. The van der Waals surface area contributed by atoms with Crippen LogP contribution in [0.4, 0.5) is 0 Å². The SMILES string of the molecule is Cc1nc(C2CC2)nc2sc(C(=O)NCc3nnc4n3CCCCC4)c(C)c12. The lowest BCUT2D eigenvalue weighted by Gasteiger charge is -2.08. The molecule has 1 aliphatic carbocycles. The zero-order chi connectivity index (χ0) is 19.3. The Morgan fingerprint density at radius 2 is 2.04 bits per heavy atom. The van der Waals surface area contributed by atoms with Crippen molar-refractivity contribution in [3.8, 4) is 0 Å². The van der Waals surface area contributed by atoms with E-state index in [0.29, 0.717) is 12.5 Å². The Balaban J connectivity index is 1.38. The molecule has 7 nitrogen and oxygen atoms in total. The van der Waals surface area contributed by atoms with Gasteiger partial charge in [-0.2, -0.15) is 0 Å². The van der Waals surface area contributed by atoms with Crippen LogP contribution in [0, 0.1) is 13.8 Å². The molecule has 4 heterocycles. The zero-order valence-electron chi connectivity index (χ0n) is 16.3. The molecule has 2 aliphatic rings. The lowest BCUT2D eigenvalue weighted by Crippen LogP contribution is -2.24. The molecule has 1 saturated carbocycles. The van der Waals surface area contributed by atoms with Gasteiger partial charge in [0.25, 0.3) is 5.91 Å². The second kappa shape index (κ2) is 6.92. The van der Waals surface area contributed by atoms with E-state index in [0.717, 1.165) is 69.6 Å². The molecular formula is C20H24N6OS. The number of carbonyl (C=O) groups excluding carboxylic acids is 1. The Hall–Kier alpha value is -2.35. The van der Waals surface area contributed by atoms with E-state index >= 15 is 0 Å². The summed E-state index contributed by atoms with van der Waals surface area (Å²) in [5.74, 6) is 3.25. The number of fused-ring (bicyclic) bond motifs is 2. The van der Waals surface area contributed by atoms with Crippen molar-refractivity contribution in [3.05, 3.63) is 33.6 Å². The highest BCUT2D eigenvalue weighted by atomic mass is 32.1. The first-order valence-corrected chi connectivity index (χ1v) is 10.9. The van der Waals surface area contributed by atoms with Crippen LogP contribution in [0.3, 0.4) is 0 Å². The minimum Gasteiger partial charge on any atom is -0.344 e. The van der Waals surface area contributed by atoms with E-state index in [1.807, 2.05) is 13.8 Å². The molecule has 8 heteroatoms. The predicted molar refractivity (Wildman–Crippen MR) is 108 cm³/mol. The van der Waals surface area contributed by atoms with Gasteiger partial charge in [-0.1, -0.05) is 6.42 Å². The van der Waals surface area contributed by atoms with Crippen LogP contribution in [0.15, 0.2) is 0 Å². The van der Waals surface area contributed by atoms with Crippen molar-refractivity contribution in [2.45, 2.75) is 71.4 Å². The van der Waals surface area contributed by atoms with Crippen molar-refractivity contribution in [3.63, 3.8) is 0 Å². The fourth-order valence-corrected chi connectivity index (χ4v) is 5.17. The molecule has 146 valence electrons. The minimum atomic E-state index is -0.0705. The Morgan fingerprint density at radius 1 is 1.18 bits per heavy atom. The molecule has 28 heavy (non-hydrogen) atoms. The van der Waals surface area contributed by atoms with Gasteiger partial charge in [0.2, 0.25) is 0 Å². The van der Waals surface area contributed by atoms with Gasteiger partial charge >= 0.3 is 0 Å². The van der Waals surface area contributed by atoms with Crippen molar-refractivity contribution in [2.24, 2.45) is 0 Å². The third-order valence-corrected chi connectivity index (χ3v) is 6.91. The van der Waals surface area contributed by atoms with Crippen LogP contribution in [0.25, 0.3) is 10.2 Å². The van der Waals surface area contributed by atoms with Gasteiger partial charge in [0.05, 0.1) is 17.1 Å². The van der Waals surface area contributed by atoms with E-state index in [2.05, 4.69) is 25.1 Å². The summed E-state index contributed by atoms with van der Waals surface area (Å²) in [5, 5.41) is 12.7. The number of carbonyl (C=O) groups is 1. The maximum atomic E-state index is 12.9. The van der Waals surface area contributed by atoms with E-state index < -0.39 is 0 Å². The van der Waals surface area contributed by atoms with Gasteiger partial charge in [-0.05, 0) is 45.1 Å². The summed E-state index contributed by atoms with van der Waals surface area (Å²) in [7, 11) is 0. The fourth-order valence-electron chi connectivity index (χ4n) is 4.02. The van der Waals surface area contributed by atoms with Gasteiger partial charge in [0.1, 0.15) is 16.5 Å². The Morgan fingerprint density at radius 3 is 2.86 bits per heavy atom. The van der Waals surface area contributed by atoms with Crippen LogP contribution < -0.4 is 5.32 Å². The average Bonchev–Trinajstić information content (AvgIpc) is 3.43. The highest BCUT2D eigenvalue weighted by molar-refractivity contribution is 7.20. The number of nitrogens with zero attached hydrogens (tertiary/aromatic N) is 5. The second-order valence-electron chi connectivity index (χ2n) is 7.86. The summed E-state index contributed by atoms with van der Waals surface area (Å²) in [6.45, 7) is 5.35. The number of aromatic nitrogens is 5. The van der Waals surface area contributed by atoms with Gasteiger partial charge in [-0.15, -0.1) is 21.5 Å². The third kappa shape index (κ3) is 3.09. The molecule has 0 aromatic carbocycles. The number of amides is 1. The number of thiophene rings is 1. The standard InChI is InChI=1S/C20H24N6OS/c1-11-16-12(2)22-18(13-7-8-13)23-20(16)28-17(11)19(27)21-10-15-25-24-14-6-4-3-5-9-26(14)15/h13H,3-10H2,1-2H3,(H,21,27). The molecule has 0 saturated heterocycles. The third-order valence-electron chi connectivity index (χ3n) is 5.73. The lowest BCUT2D eigenvalue weighted by molar-refractivity contribution is 0.0953. The van der Waals surface area contributed by atoms with Crippen LogP contribution in [0.1, 0.15) is 76.4 Å². The quantitative estimate of drug-likeness (QED) is 0.730. The van der Waals surface area contributed by atoms with Crippen molar-refractivity contribution in [2.75, 3.05) is 0 Å². The van der Waals surface area contributed by atoms with E-state index in [1.165, 1.54) is 30.6 Å². The van der Waals surface area contributed by atoms with E-state index in [-0.39, 0.29) is 5.91 Å². The van der Waals surface area contributed by atoms with Crippen molar-refractivity contribution in [1.29, 1.82) is 0 Å². The molecule has 0 unspecified atom stereocenters. The summed E-state index contributed by atoms with van der Waals surface area (Å²) >= 11 is 1.47. The molecule has 1 fully saturated rings. The molecule has 3 aromatic heterocycles. The highest BCUT2D eigenvalue weighted by Crippen LogP contribution is 2.40. The first-order valence-electron chi connectivity index (χ1n) is 10.1. The predicted octanol–water partition coefficient (Wildman–Crippen LogP) is 3.43. The molecule has 0 atom stereocenters. The Labute approximate surface area is 167 Å². The van der Waals surface area contributed by atoms with Gasteiger partial charge < -0.3 is 9.88 Å². The summed E-state index contributed by atoms with van der Waals surface area (Å²) in [6.07, 6.45) is 6.84. The van der Waals surface area contributed by atoms with Gasteiger partial charge in [-0.25, -0.2) is 9.97 Å². The maximum absolute atomic E-state index is 12.9. The molecule has 0 spiro atoms. The van der Waals surface area contributed by atoms with E-state index in [9.17, 15) is 4.79 Å². The smallest absolute Gasteiger partial charge is 0.262 e. The van der Waals surface area contributed by atoms with Crippen molar-refractivity contribution >= 4 is 27.5 Å². The monoisotopic (exact) mass is 396 g/mol. The summed E-state index contributed by atoms with van der Waals surface area (Å²) in [4.78, 5) is 24.0. The average molecular weight is 397 g/mol. The number of aryl methyl sites for hydroxylation is 3. The molecule has 3 aromatic rings. The number of hydrogen-bond acceptors (Lipinski definition) is 6. The summed E-state index contributed by atoms with van der Waals surface area (Å²) < 4.78 is 2.17. The molecular weight excluding hydrogens is 372 g/mol. The first-order chi connectivity index (χ1) is 13.6. The molecule has 1 aliphatic heterocycles. The molecule has 0 radical (unpaired) electrons. The largest absolute Gasteiger partial charge is 0.344 e.